The summed E-state index contributed by atoms with van der Waals surface area (Å²) in [6.45, 7) is 2.64. The van der Waals surface area contributed by atoms with Crippen LogP contribution in [0.3, 0.4) is 0 Å². The van der Waals surface area contributed by atoms with Gasteiger partial charge in [0.1, 0.15) is 11.6 Å². The molecule has 0 fully saturated rings. The lowest BCUT2D eigenvalue weighted by atomic mass is 10.2. The molecular weight excluding hydrogens is 318 g/mol. The first-order chi connectivity index (χ1) is 9.10. The third kappa shape index (κ3) is 3.50. The number of anilines is 2. The molecule has 1 N–H and O–H groups in total. The lowest BCUT2D eigenvalue weighted by Crippen LogP contribution is -2.20. The number of unbranched alkanes of at least 4 members (excludes halogenated alkanes) is 1. The summed E-state index contributed by atoms with van der Waals surface area (Å²) in [6.07, 6.45) is 1.83. The Labute approximate surface area is 118 Å². The maximum atomic E-state index is 13.3. The Hall–Kier alpha value is -1.50. The van der Waals surface area contributed by atoms with E-state index in [1.54, 1.807) is 4.90 Å². The molecule has 0 atom stereocenters. The van der Waals surface area contributed by atoms with E-state index in [9.17, 15) is 8.78 Å². The van der Waals surface area contributed by atoms with Gasteiger partial charge in [-0.25, -0.2) is 13.9 Å². The van der Waals surface area contributed by atoms with Gasteiger partial charge in [-0.2, -0.15) is 4.98 Å². The van der Waals surface area contributed by atoms with E-state index in [0.717, 1.165) is 18.9 Å². The molecule has 0 aliphatic heterocycles. The molecular formula is C12H13BrF2N4. The van der Waals surface area contributed by atoms with Gasteiger partial charge >= 0.3 is 0 Å². The Morgan fingerprint density at radius 2 is 1.95 bits per heavy atom. The van der Waals surface area contributed by atoms with Crippen LogP contribution in [0.1, 0.15) is 19.8 Å². The first-order valence-electron chi connectivity index (χ1n) is 5.91. The Bertz CT molecular complexity index is 538. The Balaban J connectivity index is 2.36. The summed E-state index contributed by atoms with van der Waals surface area (Å²) in [6, 6.07) is 3.39. The number of aromatic amines is 1. The highest BCUT2D eigenvalue weighted by Crippen LogP contribution is 2.25. The lowest BCUT2D eigenvalue weighted by molar-refractivity contribution is 0.582. The number of halogens is 3. The standard InChI is InChI=1S/C12H13BrF2N4/c1-2-3-4-19(12-16-11(13)17-18-12)10-6-8(14)5-9(15)7-10/h5-7H,2-4H2,1H3,(H,16,17,18). The number of aromatic nitrogens is 3. The summed E-state index contributed by atoms with van der Waals surface area (Å²) in [5, 5.41) is 6.59. The molecule has 102 valence electrons. The highest BCUT2D eigenvalue weighted by molar-refractivity contribution is 9.10. The number of H-pyrrole nitrogens is 1. The number of rotatable bonds is 5. The molecule has 0 amide bonds. The van der Waals surface area contributed by atoms with E-state index in [1.807, 2.05) is 6.92 Å². The molecule has 0 bridgehead atoms. The van der Waals surface area contributed by atoms with Crippen LogP contribution in [-0.2, 0) is 0 Å². The minimum Gasteiger partial charge on any atom is -0.311 e. The summed E-state index contributed by atoms with van der Waals surface area (Å²) in [7, 11) is 0. The molecule has 0 saturated carbocycles. The van der Waals surface area contributed by atoms with Crippen LogP contribution in [0.2, 0.25) is 0 Å². The summed E-state index contributed by atoms with van der Waals surface area (Å²) in [5.74, 6) is -0.782. The summed E-state index contributed by atoms with van der Waals surface area (Å²) in [5.41, 5.74) is 0.412. The second kappa shape index (κ2) is 6.10. The zero-order chi connectivity index (χ0) is 13.8. The van der Waals surface area contributed by atoms with Crippen LogP contribution in [-0.4, -0.2) is 21.7 Å². The summed E-state index contributed by atoms with van der Waals surface area (Å²) >= 11 is 3.14. The van der Waals surface area contributed by atoms with Crippen LogP contribution >= 0.6 is 15.9 Å². The molecule has 2 aromatic rings. The third-order valence-corrected chi connectivity index (χ3v) is 2.95. The van der Waals surface area contributed by atoms with Crippen molar-refractivity contribution >= 4 is 27.6 Å². The van der Waals surface area contributed by atoms with E-state index in [1.165, 1.54) is 12.1 Å². The molecule has 1 heterocycles. The zero-order valence-electron chi connectivity index (χ0n) is 10.3. The first kappa shape index (κ1) is 13.9. The largest absolute Gasteiger partial charge is 0.311 e. The number of nitrogens with zero attached hydrogens (tertiary/aromatic N) is 3. The van der Waals surface area contributed by atoms with Gasteiger partial charge in [0.05, 0.1) is 0 Å². The molecule has 1 aromatic carbocycles. The van der Waals surface area contributed by atoms with Gasteiger partial charge < -0.3 is 4.90 Å². The van der Waals surface area contributed by atoms with Crippen LogP contribution in [0.4, 0.5) is 20.4 Å². The smallest absolute Gasteiger partial charge is 0.226 e. The predicted molar refractivity (Wildman–Crippen MR) is 72.4 cm³/mol. The molecule has 0 saturated heterocycles. The van der Waals surface area contributed by atoms with Gasteiger partial charge in [-0.3, -0.25) is 0 Å². The molecule has 1 aromatic heterocycles. The topological polar surface area (TPSA) is 44.8 Å². The third-order valence-electron chi connectivity index (χ3n) is 2.60. The van der Waals surface area contributed by atoms with Crippen molar-refractivity contribution in [1.29, 1.82) is 0 Å². The van der Waals surface area contributed by atoms with Crippen molar-refractivity contribution in [1.82, 2.24) is 15.2 Å². The van der Waals surface area contributed by atoms with Crippen LogP contribution in [0.25, 0.3) is 0 Å². The number of hydrogen-bond acceptors (Lipinski definition) is 3. The molecule has 0 radical (unpaired) electrons. The van der Waals surface area contributed by atoms with Crippen LogP contribution in [0.15, 0.2) is 22.9 Å². The molecule has 0 unspecified atom stereocenters. The van der Waals surface area contributed by atoms with E-state index in [-0.39, 0.29) is 0 Å². The minimum atomic E-state index is -0.616. The molecule has 19 heavy (non-hydrogen) atoms. The Morgan fingerprint density at radius 3 is 2.47 bits per heavy atom. The highest BCUT2D eigenvalue weighted by atomic mass is 79.9. The van der Waals surface area contributed by atoms with Crippen molar-refractivity contribution < 1.29 is 8.78 Å². The zero-order valence-corrected chi connectivity index (χ0v) is 11.9. The number of hydrogen-bond donors (Lipinski definition) is 1. The van der Waals surface area contributed by atoms with E-state index in [2.05, 4.69) is 31.1 Å². The molecule has 0 aliphatic carbocycles. The van der Waals surface area contributed by atoms with Gasteiger partial charge in [0.25, 0.3) is 0 Å². The fourth-order valence-electron chi connectivity index (χ4n) is 1.72. The fraction of sp³-hybridized carbons (Fsp3) is 0.333. The quantitative estimate of drug-likeness (QED) is 0.907. The predicted octanol–water partition coefficient (Wildman–Crippen LogP) is 3.78. The van der Waals surface area contributed by atoms with Crippen molar-refractivity contribution in [3.05, 3.63) is 34.6 Å². The van der Waals surface area contributed by atoms with Gasteiger partial charge in [-0.1, -0.05) is 13.3 Å². The second-order valence-electron chi connectivity index (χ2n) is 4.06. The van der Waals surface area contributed by atoms with Crippen molar-refractivity contribution in [3.8, 4) is 0 Å². The number of nitrogens with one attached hydrogen (secondary N) is 1. The van der Waals surface area contributed by atoms with Crippen molar-refractivity contribution in [2.24, 2.45) is 0 Å². The lowest BCUT2D eigenvalue weighted by Gasteiger charge is -2.21. The Morgan fingerprint density at radius 1 is 1.26 bits per heavy atom. The summed E-state index contributed by atoms with van der Waals surface area (Å²) in [4.78, 5) is 5.83. The van der Waals surface area contributed by atoms with E-state index in [0.29, 0.717) is 22.9 Å². The number of benzene rings is 1. The van der Waals surface area contributed by atoms with Gasteiger partial charge in [0.2, 0.25) is 10.7 Å². The SMILES string of the molecule is CCCCN(c1cc(F)cc(F)c1)c1nc(Br)n[nH]1. The maximum Gasteiger partial charge on any atom is 0.226 e. The van der Waals surface area contributed by atoms with Gasteiger partial charge in [-0.05, 0) is 34.5 Å². The molecule has 2 rings (SSSR count). The van der Waals surface area contributed by atoms with Crippen LogP contribution in [0.5, 0.6) is 0 Å². The fourth-order valence-corrected chi connectivity index (χ4v) is 1.98. The van der Waals surface area contributed by atoms with Gasteiger partial charge in [0.15, 0.2) is 0 Å². The first-order valence-corrected chi connectivity index (χ1v) is 6.71. The normalized spacial score (nSPS) is 10.7. The van der Waals surface area contributed by atoms with Crippen LogP contribution < -0.4 is 4.90 Å². The highest BCUT2D eigenvalue weighted by Gasteiger charge is 2.15. The van der Waals surface area contributed by atoms with Crippen molar-refractivity contribution in [2.75, 3.05) is 11.4 Å². The van der Waals surface area contributed by atoms with Gasteiger partial charge in [0, 0.05) is 18.3 Å². The maximum absolute atomic E-state index is 13.3. The molecule has 4 nitrogen and oxygen atoms in total. The van der Waals surface area contributed by atoms with E-state index in [4.69, 9.17) is 0 Å². The van der Waals surface area contributed by atoms with Crippen molar-refractivity contribution in [2.45, 2.75) is 19.8 Å². The Kier molecular flexibility index (Phi) is 4.47. The average molecular weight is 331 g/mol. The van der Waals surface area contributed by atoms with E-state index >= 15 is 0 Å². The monoisotopic (exact) mass is 330 g/mol. The molecule has 7 heteroatoms. The average Bonchev–Trinajstić information content (AvgIpc) is 2.75. The molecule has 0 spiro atoms. The summed E-state index contributed by atoms with van der Waals surface area (Å²) < 4.78 is 27.0. The minimum absolute atomic E-state index is 0.404. The van der Waals surface area contributed by atoms with Crippen LogP contribution in [0, 0.1) is 11.6 Å². The molecule has 0 aliphatic rings. The van der Waals surface area contributed by atoms with E-state index < -0.39 is 11.6 Å². The van der Waals surface area contributed by atoms with Crippen molar-refractivity contribution in [3.63, 3.8) is 0 Å². The van der Waals surface area contributed by atoms with Gasteiger partial charge in [-0.15, -0.1) is 5.10 Å². The second-order valence-corrected chi connectivity index (χ2v) is 4.77.